The average molecular weight is 1140 g/mol. The highest BCUT2D eigenvalue weighted by Crippen LogP contribution is 2.40. The molecule has 1 aliphatic rings. The normalized spacial score (nSPS) is 12.6. The predicted molar refractivity (Wildman–Crippen MR) is 351 cm³/mol. The van der Waals surface area contributed by atoms with Gasteiger partial charge in [-0.1, -0.05) is 327 Å². The van der Waals surface area contributed by atoms with E-state index < -0.39 is 0 Å². The van der Waals surface area contributed by atoms with Crippen molar-refractivity contribution in [2.45, 2.75) is 336 Å². The van der Waals surface area contributed by atoms with Crippen molar-refractivity contribution < 1.29 is 28.5 Å². The SMILES string of the molecule is CCCCCCCCCCCCCCCCCCOc1cc(C(=O)N2CCN(C(=O)COc3ccc(C)cc3)CC2)cc(OCCCCCCCCCCCCCCCCCC)c1OCCCCCCCCCCCCCCCCCC. The highest BCUT2D eigenvalue weighted by molar-refractivity contribution is 5.96. The quantitative estimate of drug-likeness (QED) is 0.0614. The van der Waals surface area contributed by atoms with Gasteiger partial charge in [0.25, 0.3) is 11.8 Å². The Morgan fingerprint density at radius 3 is 0.915 bits per heavy atom. The summed E-state index contributed by atoms with van der Waals surface area (Å²) in [6.45, 7) is 12.5. The van der Waals surface area contributed by atoms with Crippen molar-refractivity contribution in [3.63, 3.8) is 0 Å². The number of nitrogens with zero attached hydrogens (tertiary/aromatic N) is 2. The molecule has 2 aromatic rings. The number of ether oxygens (including phenoxy) is 4. The van der Waals surface area contributed by atoms with Crippen molar-refractivity contribution in [3.05, 3.63) is 47.5 Å². The van der Waals surface area contributed by atoms with Crippen molar-refractivity contribution in [1.29, 1.82) is 0 Å². The van der Waals surface area contributed by atoms with Crippen LogP contribution in [0.4, 0.5) is 0 Å². The molecule has 1 heterocycles. The van der Waals surface area contributed by atoms with Crippen LogP contribution in [0.3, 0.4) is 0 Å². The maximum atomic E-state index is 14.5. The van der Waals surface area contributed by atoms with Gasteiger partial charge in [0.2, 0.25) is 5.75 Å². The fourth-order valence-corrected chi connectivity index (χ4v) is 11.8. The lowest BCUT2D eigenvalue weighted by atomic mass is 10.0. The van der Waals surface area contributed by atoms with Gasteiger partial charge in [-0.25, -0.2) is 0 Å². The van der Waals surface area contributed by atoms with Gasteiger partial charge < -0.3 is 28.7 Å². The molecule has 0 bridgehead atoms. The smallest absolute Gasteiger partial charge is 0.260 e. The Balaban J connectivity index is 1.56. The molecular formula is C74H130N2O6. The molecule has 472 valence electrons. The molecular weight excluding hydrogens is 1010 g/mol. The second-order valence-electron chi connectivity index (χ2n) is 25.0. The Morgan fingerprint density at radius 2 is 0.610 bits per heavy atom. The number of amides is 2. The van der Waals surface area contributed by atoms with Crippen LogP contribution in [0.1, 0.15) is 345 Å². The molecule has 0 aliphatic carbocycles. The van der Waals surface area contributed by atoms with E-state index in [4.69, 9.17) is 18.9 Å². The lowest BCUT2D eigenvalue weighted by molar-refractivity contribution is -0.134. The Morgan fingerprint density at radius 1 is 0.341 bits per heavy atom. The van der Waals surface area contributed by atoms with Crippen molar-refractivity contribution in [1.82, 2.24) is 9.80 Å². The van der Waals surface area contributed by atoms with Crippen LogP contribution in [0, 0.1) is 6.92 Å². The first-order valence-electron chi connectivity index (χ1n) is 35.8. The molecule has 0 N–H and O–H groups in total. The minimum absolute atomic E-state index is 0.0158. The van der Waals surface area contributed by atoms with Crippen molar-refractivity contribution >= 4 is 11.8 Å². The van der Waals surface area contributed by atoms with Gasteiger partial charge in [0.1, 0.15) is 5.75 Å². The van der Waals surface area contributed by atoms with Crippen LogP contribution in [-0.4, -0.2) is 74.2 Å². The minimum atomic E-state index is -0.0631. The first kappa shape index (κ1) is 72.8. The molecule has 8 heteroatoms. The molecule has 0 radical (unpaired) electrons. The Kier molecular flexibility index (Phi) is 47.2. The number of aryl methyl sites for hydroxylation is 1. The van der Waals surface area contributed by atoms with Crippen LogP contribution < -0.4 is 18.9 Å². The zero-order valence-electron chi connectivity index (χ0n) is 54.4. The van der Waals surface area contributed by atoms with Crippen molar-refractivity contribution in [2.75, 3.05) is 52.6 Å². The number of piperazine rings is 1. The lowest BCUT2D eigenvalue weighted by Gasteiger charge is -2.35. The Bertz CT molecular complexity index is 1700. The summed E-state index contributed by atoms with van der Waals surface area (Å²) >= 11 is 0. The van der Waals surface area contributed by atoms with Crippen LogP contribution in [0.15, 0.2) is 36.4 Å². The van der Waals surface area contributed by atoms with Crippen LogP contribution >= 0.6 is 0 Å². The van der Waals surface area contributed by atoms with Crippen LogP contribution in [0.25, 0.3) is 0 Å². The first-order valence-corrected chi connectivity index (χ1v) is 35.8. The van der Waals surface area contributed by atoms with Gasteiger partial charge in [-0.15, -0.1) is 0 Å². The molecule has 1 aliphatic heterocycles. The second kappa shape index (κ2) is 53.1. The largest absolute Gasteiger partial charge is 0.490 e. The third-order valence-electron chi connectivity index (χ3n) is 17.3. The summed E-state index contributed by atoms with van der Waals surface area (Å²) in [5.74, 6) is 2.44. The van der Waals surface area contributed by atoms with Crippen molar-refractivity contribution in [2.24, 2.45) is 0 Å². The maximum absolute atomic E-state index is 14.5. The highest BCUT2D eigenvalue weighted by Gasteiger charge is 2.27. The number of hydrogen-bond donors (Lipinski definition) is 0. The summed E-state index contributed by atoms with van der Waals surface area (Å²) in [4.78, 5) is 31.4. The highest BCUT2D eigenvalue weighted by atomic mass is 16.5. The van der Waals surface area contributed by atoms with E-state index in [1.165, 1.54) is 270 Å². The molecule has 1 fully saturated rings. The molecule has 2 aromatic carbocycles. The predicted octanol–water partition coefficient (Wildman–Crippen LogP) is 22.3. The summed E-state index contributed by atoms with van der Waals surface area (Å²) in [5, 5.41) is 0. The molecule has 0 atom stereocenters. The zero-order valence-corrected chi connectivity index (χ0v) is 54.4. The molecule has 3 rings (SSSR count). The number of hydrogen-bond acceptors (Lipinski definition) is 6. The van der Waals surface area contributed by atoms with Gasteiger partial charge in [-0.2, -0.15) is 0 Å². The van der Waals surface area contributed by atoms with Crippen molar-refractivity contribution in [3.8, 4) is 23.0 Å². The van der Waals surface area contributed by atoms with Gasteiger partial charge in [0.15, 0.2) is 18.1 Å². The number of carbonyl (C=O) groups is 2. The Hall–Kier alpha value is -3.42. The Labute approximate surface area is 506 Å². The van der Waals surface area contributed by atoms with Gasteiger partial charge in [-0.05, 0) is 50.5 Å². The molecule has 0 unspecified atom stereocenters. The van der Waals surface area contributed by atoms with E-state index in [0.29, 0.717) is 74.6 Å². The van der Waals surface area contributed by atoms with E-state index >= 15 is 0 Å². The van der Waals surface area contributed by atoms with Crippen LogP contribution in [-0.2, 0) is 4.79 Å². The molecule has 0 spiro atoms. The van der Waals surface area contributed by atoms with Gasteiger partial charge in [-0.3, -0.25) is 9.59 Å². The molecule has 0 aromatic heterocycles. The van der Waals surface area contributed by atoms with E-state index in [-0.39, 0.29) is 18.4 Å². The van der Waals surface area contributed by atoms with Gasteiger partial charge in [0.05, 0.1) is 19.8 Å². The zero-order chi connectivity index (χ0) is 58.4. The second-order valence-corrected chi connectivity index (χ2v) is 25.0. The van der Waals surface area contributed by atoms with E-state index in [2.05, 4.69) is 20.8 Å². The third kappa shape index (κ3) is 38.5. The van der Waals surface area contributed by atoms with Gasteiger partial charge in [0, 0.05) is 31.7 Å². The molecule has 8 nitrogen and oxygen atoms in total. The summed E-state index contributed by atoms with van der Waals surface area (Å²) in [6, 6.07) is 11.6. The fourth-order valence-electron chi connectivity index (χ4n) is 11.8. The van der Waals surface area contributed by atoms with Crippen LogP contribution in [0.2, 0.25) is 0 Å². The molecule has 82 heavy (non-hydrogen) atoms. The van der Waals surface area contributed by atoms with Gasteiger partial charge >= 0.3 is 0 Å². The maximum Gasteiger partial charge on any atom is 0.260 e. The van der Waals surface area contributed by atoms with Crippen LogP contribution in [0.5, 0.6) is 23.0 Å². The summed E-state index contributed by atoms with van der Waals surface area (Å²) in [6.07, 6.45) is 63.8. The summed E-state index contributed by atoms with van der Waals surface area (Å²) in [7, 11) is 0. The van der Waals surface area contributed by atoms with E-state index in [1.54, 1.807) is 0 Å². The number of carbonyl (C=O) groups excluding carboxylic acids is 2. The summed E-state index contributed by atoms with van der Waals surface area (Å²) in [5.41, 5.74) is 1.71. The standard InChI is InChI=1S/C74H130N2O6/c1-5-8-11-14-17-20-23-26-29-32-35-38-41-44-47-50-61-79-70-64-68(74(78)76-59-57-75(58-60-76)72(77)66-82-69-55-53-67(4)54-56-69)65-71(80-62-51-48-45-42-39-36-33-30-27-24-21-18-15-12-9-6-2)73(70)81-63-52-49-46-43-40-37-34-31-28-25-22-19-16-13-10-7-3/h53-56,64-65H,5-52,57-63,66H2,1-4H3. The lowest BCUT2D eigenvalue weighted by Crippen LogP contribution is -2.51. The first-order chi connectivity index (χ1) is 40.5. The van der Waals surface area contributed by atoms with E-state index in [9.17, 15) is 9.59 Å². The number of benzene rings is 2. The average Bonchev–Trinajstić information content (AvgIpc) is 3.70. The molecule has 0 saturated carbocycles. The minimum Gasteiger partial charge on any atom is -0.490 e. The molecule has 1 saturated heterocycles. The number of unbranched alkanes of at least 4 members (excludes halogenated alkanes) is 45. The third-order valence-corrected chi connectivity index (χ3v) is 17.3. The molecule has 2 amide bonds. The van der Waals surface area contributed by atoms with E-state index in [0.717, 1.165) is 44.1 Å². The topological polar surface area (TPSA) is 77.5 Å². The summed E-state index contributed by atoms with van der Waals surface area (Å²) < 4.78 is 25.9. The monoisotopic (exact) mass is 1140 g/mol. The van der Waals surface area contributed by atoms with E-state index in [1.807, 2.05) is 53.1 Å². The number of rotatable bonds is 58. The fraction of sp³-hybridized carbons (Fsp3) is 0.811.